The summed E-state index contributed by atoms with van der Waals surface area (Å²) < 4.78 is 10.4. The standard InChI is InChI=1S/C23H24ClN3O4/c1-2-30-23(29)19(15-16-7-4-3-5-8-16)25-20(28)9-6-10-21-26-22(27-31-21)17-11-13-18(24)14-12-17/h3-5,7-8,11-14,19H,2,6,9-10,15H2,1H3,(H,25,28). The quantitative estimate of drug-likeness (QED) is 0.478. The van der Waals surface area contributed by atoms with Crippen molar-refractivity contribution in [3.8, 4) is 11.4 Å². The largest absolute Gasteiger partial charge is 0.464 e. The van der Waals surface area contributed by atoms with Gasteiger partial charge in [-0.25, -0.2) is 4.79 Å². The van der Waals surface area contributed by atoms with Gasteiger partial charge in [-0.05, 0) is 43.2 Å². The monoisotopic (exact) mass is 441 g/mol. The second-order valence-corrected chi connectivity index (χ2v) is 7.37. The zero-order valence-electron chi connectivity index (χ0n) is 17.2. The van der Waals surface area contributed by atoms with Gasteiger partial charge in [-0.2, -0.15) is 4.98 Å². The lowest BCUT2D eigenvalue weighted by Crippen LogP contribution is -2.43. The first-order valence-electron chi connectivity index (χ1n) is 10.1. The van der Waals surface area contributed by atoms with E-state index in [2.05, 4.69) is 15.5 Å². The van der Waals surface area contributed by atoms with Gasteiger partial charge in [-0.3, -0.25) is 4.79 Å². The maximum absolute atomic E-state index is 12.4. The number of nitrogens with one attached hydrogen (secondary N) is 1. The SMILES string of the molecule is CCOC(=O)C(Cc1ccccc1)NC(=O)CCCc1nc(-c2ccc(Cl)cc2)no1. The Hall–Kier alpha value is -3.19. The molecule has 8 heteroatoms. The zero-order valence-corrected chi connectivity index (χ0v) is 18.0. The average Bonchev–Trinajstić information content (AvgIpc) is 3.23. The molecule has 0 fully saturated rings. The first-order valence-corrected chi connectivity index (χ1v) is 10.5. The molecule has 1 atom stereocenters. The minimum atomic E-state index is -0.727. The van der Waals surface area contributed by atoms with E-state index in [0.29, 0.717) is 36.0 Å². The molecule has 7 nitrogen and oxygen atoms in total. The van der Waals surface area contributed by atoms with E-state index in [4.69, 9.17) is 20.9 Å². The summed E-state index contributed by atoms with van der Waals surface area (Å²) in [5, 5.41) is 7.37. The Labute approximate surface area is 185 Å². The van der Waals surface area contributed by atoms with E-state index in [1.807, 2.05) is 42.5 Å². The number of carbonyl (C=O) groups is 2. The van der Waals surface area contributed by atoms with Gasteiger partial charge in [-0.15, -0.1) is 0 Å². The van der Waals surface area contributed by atoms with E-state index in [1.165, 1.54) is 0 Å². The fourth-order valence-corrected chi connectivity index (χ4v) is 3.15. The number of halogens is 1. The molecule has 162 valence electrons. The summed E-state index contributed by atoms with van der Waals surface area (Å²) in [6, 6.07) is 15.9. The minimum Gasteiger partial charge on any atom is -0.464 e. The number of rotatable bonds is 10. The molecule has 0 saturated carbocycles. The van der Waals surface area contributed by atoms with Gasteiger partial charge in [0.05, 0.1) is 6.61 Å². The molecule has 0 radical (unpaired) electrons. The van der Waals surface area contributed by atoms with Crippen LogP contribution in [-0.2, 0) is 27.2 Å². The molecule has 1 N–H and O–H groups in total. The van der Waals surface area contributed by atoms with Gasteiger partial charge in [0.15, 0.2) is 0 Å². The summed E-state index contributed by atoms with van der Waals surface area (Å²) in [6.07, 6.45) is 1.56. The zero-order chi connectivity index (χ0) is 22.1. The highest BCUT2D eigenvalue weighted by Crippen LogP contribution is 2.19. The molecule has 1 heterocycles. The van der Waals surface area contributed by atoms with Crippen LogP contribution >= 0.6 is 11.6 Å². The molecule has 1 amide bonds. The number of nitrogens with zero attached hydrogens (tertiary/aromatic N) is 2. The lowest BCUT2D eigenvalue weighted by molar-refractivity contribution is -0.147. The van der Waals surface area contributed by atoms with Crippen molar-refractivity contribution in [2.75, 3.05) is 6.61 Å². The number of ether oxygens (including phenoxy) is 1. The highest BCUT2D eigenvalue weighted by Gasteiger charge is 2.22. The van der Waals surface area contributed by atoms with Crippen LogP contribution in [0.4, 0.5) is 0 Å². The summed E-state index contributed by atoms with van der Waals surface area (Å²) in [4.78, 5) is 29.0. The van der Waals surface area contributed by atoms with Crippen molar-refractivity contribution in [2.24, 2.45) is 0 Å². The van der Waals surface area contributed by atoms with Crippen LogP contribution in [0.3, 0.4) is 0 Å². The molecule has 2 aromatic carbocycles. The summed E-state index contributed by atoms with van der Waals surface area (Å²) in [6.45, 7) is 2.00. The first-order chi connectivity index (χ1) is 15.0. The minimum absolute atomic E-state index is 0.226. The fraction of sp³-hybridized carbons (Fsp3) is 0.304. The molecule has 0 spiro atoms. The van der Waals surface area contributed by atoms with Crippen molar-refractivity contribution in [3.63, 3.8) is 0 Å². The molecular formula is C23H24ClN3O4. The fourth-order valence-electron chi connectivity index (χ4n) is 3.03. The lowest BCUT2D eigenvalue weighted by atomic mass is 10.1. The maximum atomic E-state index is 12.4. The van der Waals surface area contributed by atoms with Crippen molar-refractivity contribution in [2.45, 2.75) is 38.6 Å². The van der Waals surface area contributed by atoms with Gasteiger partial charge in [0.2, 0.25) is 17.6 Å². The summed E-state index contributed by atoms with van der Waals surface area (Å²) in [7, 11) is 0. The molecule has 1 aromatic heterocycles. The van der Waals surface area contributed by atoms with E-state index in [-0.39, 0.29) is 18.9 Å². The Bertz CT molecular complexity index is 990. The molecule has 0 bridgehead atoms. The normalized spacial score (nSPS) is 11.7. The molecule has 3 aromatic rings. The predicted octanol–water partition coefficient (Wildman–Crippen LogP) is 4.00. The summed E-state index contributed by atoms with van der Waals surface area (Å²) in [5.74, 6) is 0.251. The van der Waals surface area contributed by atoms with Gasteiger partial charge in [0.1, 0.15) is 6.04 Å². The molecule has 0 aliphatic rings. The van der Waals surface area contributed by atoms with Gasteiger partial charge in [-0.1, -0.05) is 47.1 Å². The maximum Gasteiger partial charge on any atom is 0.328 e. The third-order valence-corrected chi connectivity index (χ3v) is 4.81. The van der Waals surface area contributed by atoms with Gasteiger partial charge in [0, 0.05) is 29.8 Å². The number of hydrogen-bond donors (Lipinski definition) is 1. The van der Waals surface area contributed by atoms with Crippen molar-refractivity contribution < 1.29 is 18.8 Å². The van der Waals surface area contributed by atoms with Crippen LogP contribution in [0, 0.1) is 0 Å². The lowest BCUT2D eigenvalue weighted by Gasteiger charge is -2.17. The van der Waals surface area contributed by atoms with E-state index in [9.17, 15) is 9.59 Å². The van der Waals surface area contributed by atoms with Crippen LogP contribution in [0.1, 0.15) is 31.2 Å². The highest BCUT2D eigenvalue weighted by molar-refractivity contribution is 6.30. The second-order valence-electron chi connectivity index (χ2n) is 6.93. The van der Waals surface area contributed by atoms with Crippen LogP contribution < -0.4 is 5.32 Å². The molecule has 0 saturated heterocycles. The first kappa shape index (κ1) is 22.5. The third kappa shape index (κ3) is 6.93. The van der Waals surface area contributed by atoms with Crippen LogP contribution in [0.15, 0.2) is 59.1 Å². The van der Waals surface area contributed by atoms with E-state index in [1.54, 1.807) is 19.1 Å². The van der Waals surface area contributed by atoms with Crippen molar-refractivity contribution in [1.82, 2.24) is 15.5 Å². The average molecular weight is 442 g/mol. The molecule has 1 unspecified atom stereocenters. The van der Waals surface area contributed by atoms with E-state index >= 15 is 0 Å². The smallest absolute Gasteiger partial charge is 0.328 e. The van der Waals surface area contributed by atoms with Crippen molar-refractivity contribution >= 4 is 23.5 Å². The molecular weight excluding hydrogens is 418 g/mol. The van der Waals surface area contributed by atoms with Gasteiger partial charge >= 0.3 is 5.97 Å². The predicted molar refractivity (Wildman–Crippen MR) is 116 cm³/mol. The Morgan fingerprint density at radius 2 is 1.87 bits per heavy atom. The molecule has 0 aliphatic carbocycles. The molecule has 31 heavy (non-hydrogen) atoms. The third-order valence-electron chi connectivity index (χ3n) is 4.55. The molecule has 0 aliphatic heterocycles. The Morgan fingerprint density at radius 3 is 2.58 bits per heavy atom. The van der Waals surface area contributed by atoms with Crippen LogP contribution in [-0.4, -0.2) is 34.7 Å². The van der Waals surface area contributed by atoms with Crippen LogP contribution in [0.5, 0.6) is 0 Å². The molecule has 3 rings (SSSR count). The Morgan fingerprint density at radius 1 is 1.13 bits per heavy atom. The van der Waals surface area contributed by atoms with Gasteiger partial charge in [0.25, 0.3) is 0 Å². The summed E-state index contributed by atoms with van der Waals surface area (Å²) in [5.41, 5.74) is 1.75. The van der Waals surface area contributed by atoms with Crippen molar-refractivity contribution in [1.29, 1.82) is 0 Å². The Balaban J connectivity index is 1.50. The van der Waals surface area contributed by atoms with Crippen LogP contribution in [0.2, 0.25) is 5.02 Å². The number of aryl methyl sites for hydroxylation is 1. The number of hydrogen-bond acceptors (Lipinski definition) is 6. The van der Waals surface area contributed by atoms with Gasteiger partial charge < -0.3 is 14.6 Å². The number of aromatic nitrogens is 2. The second kappa shape index (κ2) is 11.3. The van der Waals surface area contributed by atoms with E-state index < -0.39 is 12.0 Å². The number of carbonyl (C=O) groups excluding carboxylic acids is 2. The van der Waals surface area contributed by atoms with Crippen LogP contribution in [0.25, 0.3) is 11.4 Å². The Kier molecular flexibility index (Phi) is 8.18. The summed E-state index contributed by atoms with van der Waals surface area (Å²) >= 11 is 5.89. The number of benzene rings is 2. The van der Waals surface area contributed by atoms with Crippen molar-refractivity contribution in [3.05, 3.63) is 71.1 Å². The highest BCUT2D eigenvalue weighted by atomic mass is 35.5. The number of esters is 1. The van der Waals surface area contributed by atoms with E-state index in [0.717, 1.165) is 11.1 Å². The topological polar surface area (TPSA) is 94.3 Å². The number of amides is 1.